The largest absolute Gasteiger partial charge is 0.320 e. The molecule has 1 saturated carbocycles. The summed E-state index contributed by atoms with van der Waals surface area (Å²) in [5.41, 5.74) is 0.978. The van der Waals surface area contributed by atoms with Gasteiger partial charge in [-0.3, -0.25) is 0 Å². The van der Waals surface area contributed by atoms with Gasteiger partial charge in [0.15, 0.2) is 13.5 Å². The van der Waals surface area contributed by atoms with Gasteiger partial charge in [-0.05, 0) is 31.0 Å². The number of anilines is 1. The molecule has 0 amide bonds. The van der Waals surface area contributed by atoms with E-state index in [4.69, 9.17) is 19.6 Å². The molecule has 0 bridgehead atoms. The van der Waals surface area contributed by atoms with Crippen LogP contribution in [0.5, 0.6) is 0 Å². The smallest absolute Gasteiger partial charge is 0.234 e. The molecule has 1 heterocycles. The zero-order valence-corrected chi connectivity index (χ0v) is 12.8. The average Bonchev–Trinajstić information content (AvgIpc) is 2.44. The molecule has 3 rings (SSSR count). The highest BCUT2D eigenvalue weighted by Crippen LogP contribution is 2.34. The average molecular weight is 344 g/mol. The number of benzene rings is 1. The summed E-state index contributed by atoms with van der Waals surface area (Å²) in [6, 6.07) is 7.90. The third-order valence-corrected chi connectivity index (χ3v) is 4.12. The van der Waals surface area contributed by atoms with Gasteiger partial charge in [-0.2, -0.15) is 9.78 Å². The molecule has 1 aromatic carbocycles. The van der Waals surface area contributed by atoms with E-state index in [2.05, 4.69) is 15.9 Å². The highest BCUT2D eigenvalue weighted by atomic mass is 79.9. The van der Waals surface area contributed by atoms with Crippen LogP contribution in [0.3, 0.4) is 0 Å². The van der Waals surface area contributed by atoms with E-state index in [1.54, 1.807) is 0 Å². The monoisotopic (exact) mass is 343 g/mol. The van der Waals surface area contributed by atoms with Gasteiger partial charge in [0.1, 0.15) is 0 Å². The molecule has 2 aliphatic rings. The molecule has 110 valence electrons. The molecule has 0 unspecified atom stereocenters. The summed E-state index contributed by atoms with van der Waals surface area (Å²) in [5, 5.41) is 0. The van der Waals surface area contributed by atoms with Gasteiger partial charge >= 0.3 is 0 Å². The minimum absolute atomic E-state index is 0.307. The standard InChI is InChI=1S/C14H18BrNO4/c15-12-5-4-6-13(9-12)16-10-17-19-14(20-18-11-16)7-2-1-3-8-14/h4-6,9H,1-3,7-8,10-11H2. The molecule has 6 heteroatoms. The van der Waals surface area contributed by atoms with E-state index in [-0.39, 0.29) is 0 Å². The van der Waals surface area contributed by atoms with Gasteiger partial charge in [0, 0.05) is 23.0 Å². The minimum Gasteiger partial charge on any atom is -0.320 e. The van der Waals surface area contributed by atoms with Gasteiger partial charge in [0.25, 0.3) is 0 Å². The van der Waals surface area contributed by atoms with Crippen LogP contribution in [0.25, 0.3) is 0 Å². The number of hydrogen-bond donors (Lipinski definition) is 0. The zero-order valence-electron chi connectivity index (χ0n) is 11.2. The lowest BCUT2D eigenvalue weighted by molar-refractivity contribution is -0.527. The summed E-state index contributed by atoms with van der Waals surface area (Å²) in [6.07, 6.45) is 4.97. The van der Waals surface area contributed by atoms with Crippen LogP contribution in [-0.2, 0) is 19.6 Å². The van der Waals surface area contributed by atoms with Crippen LogP contribution >= 0.6 is 15.9 Å². The number of rotatable bonds is 1. The Bertz CT molecular complexity index is 439. The summed E-state index contributed by atoms with van der Waals surface area (Å²) in [7, 11) is 0. The molecule has 20 heavy (non-hydrogen) atoms. The maximum absolute atomic E-state index is 5.49. The van der Waals surface area contributed by atoms with Crippen LogP contribution in [0.1, 0.15) is 32.1 Å². The van der Waals surface area contributed by atoms with Crippen LogP contribution in [0.2, 0.25) is 0 Å². The third-order valence-electron chi connectivity index (χ3n) is 3.63. The minimum atomic E-state index is -0.721. The molecular weight excluding hydrogens is 326 g/mol. The van der Waals surface area contributed by atoms with Gasteiger partial charge in [0.05, 0.1) is 0 Å². The Morgan fingerprint density at radius 1 is 1.00 bits per heavy atom. The van der Waals surface area contributed by atoms with Gasteiger partial charge < -0.3 is 4.90 Å². The van der Waals surface area contributed by atoms with Gasteiger partial charge in [-0.15, -0.1) is 0 Å². The second kappa shape index (κ2) is 6.41. The molecule has 0 N–H and O–H groups in total. The first-order valence-corrected chi connectivity index (χ1v) is 7.69. The Morgan fingerprint density at radius 3 is 2.35 bits per heavy atom. The van der Waals surface area contributed by atoms with Gasteiger partial charge in [-0.25, -0.2) is 9.78 Å². The lowest BCUT2D eigenvalue weighted by Gasteiger charge is -2.37. The molecule has 5 nitrogen and oxygen atoms in total. The van der Waals surface area contributed by atoms with Crippen LogP contribution in [-0.4, -0.2) is 19.2 Å². The highest BCUT2D eigenvalue weighted by molar-refractivity contribution is 9.10. The van der Waals surface area contributed by atoms with Gasteiger partial charge in [-0.1, -0.05) is 28.4 Å². The molecule has 1 aromatic rings. The van der Waals surface area contributed by atoms with Crippen molar-refractivity contribution in [3.8, 4) is 0 Å². The Kier molecular flexibility index (Phi) is 4.58. The zero-order chi connectivity index (χ0) is 13.8. The lowest BCUT2D eigenvalue weighted by Crippen LogP contribution is -2.44. The SMILES string of the molecule is Brc1cccc(N2COOC3(CCCCC3)OOC2)c1. The van der Waals surface area contributed by atoms with Crippen molar-refractivity contribution in [2.75, 3.05) is 18.4 Å². The molecule has 1 aliphatic heterocycles. The van der Waals surface area contributed by atoms with Crippen molar-refractivity contribution < 1.29 is 19.6 Å². The van der Waals surface area contributed by atoms with E-state index in [0.717, 1.165) is 35.8 Å². The van der Waals surface area contributed by atoms with Crippen molar-refractivity contribution in [3.63, 3.8) is 0 Å². The van der Waals surface area contributed by atoms with Crippen molar-refractivity contribution in [2.45, 2.75) is 37.9 Å². The summed E-state index contributed by atoms with van der Waals surface area (Å²) in [4.78, 5) is 23.6. The summed E-state index contributed by atoms with van der Waals surface area (Å²) in [5.74, 6) is -0.721. The molecule has 2 fully saturated rings. The second-order valence-electron chi connectivity index (χ2n) is 5.15. The van der Waals surface area contributed by atoms with Crippen LogP contribution in [0.15, 0.2) is 28.7 Å². The van der Waals surface area contributed by atoms with Gasteiger partial charge in [0.2, 0.25) is 5.79 Å². The fourth-order valence-corrected chi connectivity index (χ4v) is 2.91. The third kappa shape index (κ3) is 3.32. The Labute approximate surface area is 126 Å². The van der Waals surface area contributed by atoms with E-state index >= 15 is 0 Å². The first-order chi connectivity index (χ1) is 9.77. The normalized spacial score (nSPS) is 23.4. The fraction of sp³-hybridized carbons (Fsp3) is 0.571. The van der Waals surface area contributed by atoms with E-state index in [1.165, 1.54) is 6.42 Å². The van der Waals surface area contributed by atoms with Crippen molar-refractivity contribution in [2.24, 2.45) is 0 Å². The number of halogens is 1. The van der Waals surface area contributed by atoms with Crippen LogP contribution in [0, 0.1) is 0 Å². The quantitative estimate of drug-likeness (QED) is 0.726. The first kappa shape index (κ1) is 14.3. The van der Waals surface area contributed by atoms with Crippen molar-refractivity contribution >= 4 is 21.6 Å². The Balaban J connectivity index is 1.63. The molecule has 1 spiro atoms. The molecular formula is C14H18BrNO4. The molecule has 0 aromatic heterocycles. The highest BCUT2D eigenvalue weighted by Gasteiger charge is 2.38. The van der Waals surface area contributed by atoms with Crippen molar-refractivity contribution in [1.82, 2.24) is 0 Å². The summed E-state index contributed by atoms with van der Waals surface area (Å²) in [6.45, 7) is 0.614. The maximum Gasteiger partial charge on any atom is 0.234 e. The van der Waals surface area contributed by atoms with Crippen LogP contribution in [0.4, 0.5) is 5.69 Å². The molecule has 1 saturated heterocycles. The summed E-state index contributed by atoms with van der Waals surface area (Å²) < 4.78 is 1.00. The Morgan fingerprint density at radius 2 is 1.70 bits per heavy atom. The number of hydrogen-bond acceptors (Lipinski definition) is 5. The van der Waals surface area contributed by atoms with Crippen molar-refractivity contribution in [3.05, 3.63) is 28.7 Å². The van der Waals surface area contributed by atoms with E-state index in [9.17, 15) is 0 Å². The predicted molar refractivity (Wildman–Crippen MR) is 76.5 cm³/mol. The van der Waals surface area contributed by atoms with E-state index in [1.807, 2.05) is 29.2 Å². The second-order valence-corrected chi connectivity index (χ2v) is 6.07. The first-order valence-electron chi connectivity index (χ1n) is 6.89. The topological polar surface area (TPSA) is 40.2 Å². The van der Waals surface area contributed by atoms with E-state index in [0.29, 0.717) is 13.5 Å². The number of nitrogens with zero attached hydrogens (tertiary/aromatic N) is 1. The maximum atomic E-state index is 5.49. The molecule has 1 aliphatic carbocycles. The summed E-state index contributed by atoms with van der Waals surface area (Å²) >= 11 is 3.45. The van der Waals surface area contributed by atoms with Crippen molar-refractivity contribution in [1.29, 1.82) is 0 Å². The predicted octanol–water partition coefficient (Wildman–Crippen LogP) is 3.74. The Hall–Kier alpha value is -0.660. The van der Waals surface area contributed by atoms with E-state index < -0.39 is 5.79 Å². The lowest BCUT2D eigenvalue weighted by atomic mass is 9.94. The van der Waals surface area contributed by atoms with Crippen LogP contribution < -0.4 is 4.90 Å². The molecule has 0 atom stereocenters. The fourth-order valence-electron chi connectivity index (χ4n) is 2.52. The molecule has 0 radical (unpaired) electrons.